The van der Waals surface area contributed by atoms with Crippen molar-refractivity contribution in [3.63, 3.8) is 0 Å². The Morgan fingerprint density at radius 2 is 1.14 bits per heavy atom. The van der Waals surface area contributed by atoms with Crippen molar-refractivity contribution in [2.75, 3.05) is 0 Å². The maximum Gasteiger partial charge on any atom is 0.135 e. The Morgan fingerprint density at radius 1 is 0.540 bits per heavy atom. The standard InChI is InChI=1S/C46H30N2OS/c1-3-11-35(41-13-5-7-23-47-41)33(9-1)31-16-20-44-38(27-31)37-25-29(15-19-43(37)49-44)30-17-21-45-39(26-30)40-28-32(18-22-46(40)50-45)34-10-2-4-12-36(34)42-14-6-8-24-48-42/h1-26,28,31H,27H2. The molecule has 4 aromatic heterocycles. The van der Waals surface area contributed by atoms with Crippen molar-refractivity contribution in [1.29, 1.82) is 0 Å². The van der Waals surface area contributed by atoms with E-state index in [-0.39, 0.29) is 5.92 Å². The average molecular weight is 659 g/mol. The Labute approximate surface area is 293 Å². The molecule has 0 amide bonds. The van der Waals surface area contributed by atoms with Crippen molar-refractivity contribution in [2.24, 2.45) is 0 Å². The summed E-state index contributed by atoms with van der Waals surface area (Å²) in [6.45, 7) is 0. The summed E-state index contributed by atoms with van der Waals surface area (Å²) in [5, 5.41) is 3.75. The van der Waals surface area contributed by atoms with Crippen LogP contribution in [-0.4, -0.2) is 9.97 Å². The van der Waals surface area contributed by atoms with Gasteiger partial charge in [0.2, 0.25) is 0 Å². The molecule has 1 atom stereocenters. The first-order valence-electron chi connectivity index (χ1n) is 17.0. The van der Waals surface area contributed by atoms with Crippen LogP contribution in [0.25, 0.3) is 82.0 Å². The SMILES string of the molecule is C1=CC(c2ccccc2-c2ccccn2)Cc2c1oc1ccc(-c3ccc4sc5ccc(-c6ccccc6-c6ccccn6)cc5c4c3)cc21. The number of benzene rings is 5. The second-order valence-electron chi connectivity index (χ2n) is 12.9. The van der Waals surface area contributed by atoms with E-state index in [2.05, 4.69) is 143 Å². The van der Waals surface area contributed by atoms with Gasteiger partial charge in [-0.05, 0) is 101 Å². The molecule has 9 aromatic rings. The van der Waals surface area contributed by atoms with Gasteiger partial charge in [0, 0.05) is 60.6 Å². The van der Waals surface area contributed by atoms with Crippen LogP contribution in [0.3, 0.4) is 0 Å². The van der Waals surface area contributed by atoms with E-state index in [0.29, 0.717) is 0 Å². The molecule has 0 aliphatic heterocycles. The summed E-state index contributed by atoms with van der Waals surface area (Å²) in [6, 6.07) is 49.8. The highest BCUT2D eigenvalue weighted by molar-refractivity contribution is 7.25. The molecule has 0 saturated heterocycles. The van der Waals surface area contributed by atoms with Gasteiger partial charge in [0.15, 0.2) is 0 Å². The molecule has 5 aromatic carbocycles. The third kappa shape index (κ3) is 4.88. The van der Waals surface area contributed by atoms with Crippen LogP contribution in [0.1, 0.15) is 22.8 Å². The third-order valence-electron chi connectivity index (χ3n) is 10.0. The van der Waals surface area contributed by atoms with E-state index in [1.807, 2.05) is 41.9 Å². The lowest BCUT2D eigenvalue weighted by Gasteiger charge is -2.20. The van der Waals surface area contributed by atoms with Crippen LogP contribution in [0.15, 0.2) is 162 Å². The Hall–Kier alpha value is -6.10. The van der Waals surface area contributed by atoms with Crippen molar-refractivity contribution in [1.82, 2.24) is 9.97 Å². The van der Waals surface area contributed by atoms with Crippen molar-refractivity contribution < 1.29 is 4.42 Å². The number of rotatable bonds is 5. The third-order valence-corrected chi connectivity index (χ3v) is 11.2. The summed E-state index contributed by atoms with van der Waals surface area (Å²) in [6.07, 6.45) is 9.04. The lowest BCUT2D eigenvalue weighted by atomic mass is 9.83. The van der Waals surface area contributed by atoms with Gasteiger partial charge in [0.25, 0.3) is 0 Å². The van der Waals surface area contributed by atoms with E-state index in [0.717, 1.165) is 34.7 Å². The number of furan rings is 1. The number of hydrogen-bond acceptors (Lipinski definition) is 4. The first-order chi connectivity index (χ1) is 24.8. The van der Waals surface area contributed by atoms with Crippen LogP contribution in [-0.2, 0) is 6.42 Å². The smallest absolute Gasteiger partial charge is 0.135 e. The van der Waals surface area contributed by atoms with Crippen molar-refractivity contribution in [2.45, 2.75) is 12.3 Å². The minimum absolute atomic E-state index is 0.232. The van der Waals surface area contributed by atoms with Crippen molar-refractivity contribution in [3.8, 4) is 44.8 Å². The zero-order valence-corrected chi connectivity index (χ0v) is 27.9. The topological polar surface area (TPSA) is 38.9 Å². The van der Waals surface area contributed by atoms with E-state index in [4.69, 9.17) is 4.42 Å². The molecule has 236 valence electrons. The molecule has 10 rings (SSSR count). The fraction of sp³-hybridized carbons (Fsp3) is 0.0435. The van der Waals surface area contributed by atoms with E-state index in [1.165, 1.54) is 64.5 Å². The van der Waals surface area contributed by atoms with Crippen molar-refractivity contribution >= 4 is 48.6 Å². The monoisotopic (exact) mass is 658 g/mol. The van der Waals surface area contributed by atoms with Crippen LogP contribution in [0.5, 0.6) is 0 Å². The van der Waals surface area contributed by atoms with Crippen LogP contribution in [0.2, 0.25) is 0 Å². The molecule has 0 saturated carbocycles. The first kappa shape index (κ1) is 28.9. The van der Waals surface area contributed by atoms with Gasteiger partial charge in [-0.3, -0.25) is 9.97 Å². The number of allylic oxidation sites excluding steroid dienone is 1. The normalized spacial score (nSPS) is 14.0. The van der Waals surface area contributed by atoms with Crippen molar-refractivity contribution in [3.05, 3.63) is 175 Å². The van der Waals surface area contributed by atoms with Gasteiger partial charge in [0.05, 0.1) is 11.4 Å². The summed E-state index contributed by atoms with van der Waals surface area (Å²) in [4.78, 5) is 9.31. The van der Waals surface area contributed by atoms with Gasteiger partial charge < -0.3 is 4.42 Å². The summed E-state index contributed by atoms with van der Waals surface area (Å²) in [7, 11) is 0. The maximum atomic E-state index is 6.39. The summed E-state index contributed by atoms with van der Waals surface area (Å²) in [5.41, 5.74) is 12.6. The zero-order valence-electron chi connectivity index (χ0n) is 27.1. The van der Waals surface area contributed by atoms with Crippen LogP contribution in [0, 0.1) is 0 Å². The van der Waals surface area contributed by atoms with E-state index in [9.17, 15) is 0 Å². The number of nitrogens with zero attached hydrogens (tertiary/aromatic N) is 2. The van der Waals surface area contributed by atoms with E-state index in [1.54, 1.807) is 0 Å². The lowest BCUT2D eigenvalue weighted by Crippen LogP contribution is -2.06. The molecule has 3 nitrogen and oxygen atoms in total. The predicted octanol–water partition coefficient (Wildman–Crippen LogP) is 12.6. The molecule has 1 aliphatic carbocycles. The molecular weight excluding hydrogens is 629 g/mol. The number of fused-ring (bicyclic) bond motifs is 6. The van der Waals surface area contributed by atoms with Crippen LogP contribution >= 0.6 is 11.3 Å². The summed E-state index contributed by atoms with van der Waals surface area (Å²) < 4.78 is 8.97. The molecule has 0 N–H and O–H groups in total. The van der Waals surface area contributed by atoms with Gasteiger partial charge >= 0.3 is 0 Å². The van der Waals surface area contributed by atoms with Crippen LogP contribution in [0.4, 0.5) is 0 Å². The fourth-order valence-corrected chi connectivity index (χ4v) is 8.64. The molecule has 0 spiro atoms. The number of aromatic nitrogens is 2. The zero-order chi connectivity index (χ0) is 33.0. The van der Waals surface area contributed by atoms with Gasteiger partial charge in [-0.25, -0.2) is 0 Å². The molecule has 1 unspecified atom stereocenters. The molecule has 0 fully saturated rings. The maximum absolute atomic E-state index is 6.39. The fourth-order valence-electron chi connectivity index (χ4n) is 7.58. The predicted molar refractivity (Wildman–Crippen MR) is 208 cm³/mol. The molecule has 50 heavy (non-hydrogen) atoms. The average Bonchev–Trinajstić information content (AvgIpc) is 3.75. The Kier molecular flexibility index (Phi) is 6.81. The quantitative estimate of drug-likeness (QED) is 0.185. The second-order valence-corrected chi connectivity index (χ2v) is 14.0. The van der Waals surface area contributed by atoms with Crippen LogP contribution < -0.4 is 0 Å². The molecule has 0 radical (unpaired) electrons. The molecular formula is C46H30N2OS. The van der Waals surface area contributed by atoms with Gasteiger partial charge in [-0.15, -0.1) is 11.3 Å². The van der Waals surface area contributed by atoms with Gasteiger partial charge in [0.1, 0.15) is 11.3 Å². The Morgan fingerprint density at radius 3 is 1.88 bits per heavy atom. The largest absolute Gasteiger partial charge is 0.456 e. The number of pyridine rings is 2. The van der Waals surface area contributed by atoms with Gasteiger partial charge in [-0.1, -0.05) is 84.9 Å². The minimum atomic E-state index is 0.232. The lowest BCUT2D eigenvalue weighted by molar-refractivity contribution is 0.592. The highest BCUT2D eigenvalue weighted by Gasteiger charge is 2.24. The van der Waals surface area contributed by atoms with E-state index < -0.39 is 0 Å². The number of hydrogen-bond donors (Lipinski definition) is 0. The number of thiophene rings is 1. The molecule has 4 heterocycles. The van der Waals surface area contributed by atoms with E-state index >= 15 is 0 Å². The summed E-state index contributed by atoms with van der Waals surface area (Å²) in [5.74, 6) is 1.19. The minimum Gasteiger partial charge on any atom is -0.456 e. The summed E-state index contributed by atoms with van der Waals surface area (Å²) >= 11 is 1.85. The Balaban J connectivity index is 1.03. The molecule has 1 aliphatic rings. The van der Waals surface area contributed by atoms with Gasteiger partial charge in [-0.2, -0.15) is 0 Å². The highest BCUT2D eigenvalue weighted by atomic mass is 32.1. The first-order valence-corrected chi connectivity index (χ1v) is 17.8. The Bertz CT molecular complexity index is 2740. The molecule has 4 heteroatoms. The second kappa shape index (κ2) is 11.8. The molecule has 0 bridgehead atoms. The highest BCUT2D eigenvalue weighted by Crippen LogP contribution is 2.43.